The van der Waals surface area contributed by atoms with Crippen LogP contribution in [-0.2, 0) is 17.8 Å². The second kappa shape index (κ2) is 10.3. The van der Waals surface area contributed by atoms with E-state index in [1.54, 1.807) is 4.90 Å². The number of thiocarbonyl (C=S) groups is 1. The van der Waals surface area contributed by atoms with Crippen LogP contribution >= 0.6 is 24.0 Å². The number of para-hydroxylation sites is 2. The maximum atomic E-state index is 13.4. The second-order valence-electron chi connectivity index (χ2n) is 8.83. The third-order valence-electron chi connectivity index (χ3n) is 6.54. The van der Waals surface area contributed by atoms with E-state index in [2.05, 4.69) is 49.6 Å². The SMILES string of the molecule is CCc1ccccc1OCCn1c(C)c(/C=C2\SC(=S)N(c3ccccc3)C2=O)c2cc(C)ccc21. The van der Waals surface area contributed by atoms with Gasteiger partial charge in [0.05, 0.1) is 17.1 Å². The van der Waals surface area contributed by atoms with Crippen LogP contribution in [0.1, 0.15) is 29.3 Å². The quantitative estimate of drug-likeness (QED) is 0.192. The first-order chi connectivity index (χ1) is 17.5. The Morgan fingerprint density at radius 2 is 1.75 bits per heavy atom. The number of amides is 1. The van der Waals surface area contributed by atoms with Gasteiger partial charge in [0.15, 0.2) is 4.32 Å². The number of hydrogen-bond donors (Lipinski definition) is 0. The Morgan fingerprint density at radius 1 is 1.00 bits per heavy atom. The third-order valence-corrected chi connectivity index (χ3v) is 7.84. The van der Waals surface area contributed by atoms with Crippen LogP contribution < -0.4 is 9.64 Å². The molecule has 1 aromatic heterocycles. The van der Waals surface area contributed by atoms with E-state index in [0.717, 1.165) is 40.0 Å². The predicted octanol–water partition coefficient (Wildman–Crippen LogP) is 7.31. The molecule has 0 N–H and O–H groups in total. The Hall–Kier alpha value is -3.35. The minimum absolute atomic E-state index is 0.0799. The van der Waals surface area contributed by atoms with Gasteiger partial charge < -0.3 is 9.30 Å². The van der Waals surface area contributed by atoms with E-state index in [1.807, 2.05) is 54.6 Å². The van der Waals surface area contributed by atoms with Crippen LogP contribution in [0.4, 0.5) is 5.69 Å². The average Bonchev–Trinajstić information content (AvgIpc) is 3.31. The fourth-order valence-corrected chi connectivity index (χ4v) is 5.96. The number of ether oxygens (including phenoxy) is 1. The van der Waals surface area contributed by atoms with E-state index < -0.39 is 0 Å². The first kappa shape index (κ1) is 24.3. The summed E-state index contributed by atoms with van der Waals surface area (Å²) < 4.78 is 9.02. The number of fused-ring (bicyclic) bond motifs is 1. The van der Waals surface area contributed by atoms with Crippen molar-refractivity contribution in [3.05, 3.63) is 100 Å². The molecule has 4 aromatic rings. The van der Waals surface area contributed by atoms with Gasteiger partial charge in [0, 0.05) is 22.2 Å². The Labute approximate surface area is 221 Å². The third kappa shape index (κ3) is 4.59. The van der Waals surface area contributed by atoms with Crippen molar-refractivity contribution in [1.82, 2.24) is 4.57 Å². The first-order valence-corrected chi connectivity index (χ1v) is 13.3. The molecule has 0 bridgehead atoms. The van der Waals surface area contributed by atoms with Crippen molar-refractivity contribution in [3.8, 4) is 5.75 Å². The molecule has 0 aliphatic carbocycles. The Kier molecular flexibility index (Phi) is 6.99. The van der Waals surface area contributed by atoms with E-state index in [0.29, 0.717) is 22.4 Å². The molecule has 0 spiro atoms. The summed E-state index contributed by atoms with van der Waals surface area (Å²) in [6, 6.07) is 24.3. The Morgan fingerprint density at radius 3 is 2.53 bits per heavy atom. The molecule has 2 heterocycles. The van der Waals surface area contributed by atoms with Gasteiger partial charge >= 0.3 is 0 Å². The number of aryl methyl sites for hydroxylation is 2. The molecule has 4 nitrogen and oxygen atoms in total. The van der Waals surface area contributed by atoms with Crippen molar-refractivity contribution in [2.24, 2.45) is 0 Å². The van der Waals surface area contributed by atoms with Gasteiger partial charge in [0.25, 0.3) is 5.91 Å². The van der Waals surface area contributed by atoms with Crippen LogP contribution in [-0.4, -0.2) is 21.4 Å². The fraction of sp³-hybridized carbons (Fsp3) is 0.200. The highest BCUT2D eigenvalue weighted by atomic mass is 32.2. The molecule has 5 rings (SSSR count). The molecule has 36 heavy (non-hydrogen) atoms. The van der Waals surface area contributed by atoms with Crippen molar-refractivity contribution in [2.75, 3.05) is 11.5 Å². The zero-order valence-electron chi connectivity index (χ0n) is 20.7. The molecule has 1 aliphatic heterocycles. The Bertz CT molecular complexity index is 1490. The number of rotatable bonds is 7. The first-order valence-electron chi connectivity index (χ1n) is 12.1. The largest absolute Gasteiger partial charge is 0.491 e. The molecule has 0 atom stereocenters. The molecule has 1 fully saturated rings. The van der Waals surface area contributed by atoms with Crippen LogP contribution in [0.3, 0.4) is 0 Å². The van der Waals surface area contributed by atoms with Gasteiger partial charge in [0.1, 0.15) is 12.4 Å². The number of thioether (sulfide) groups is 1. The molecule has 1 aliphatic rings. The summed E-state index contributed by atoms with van der Waals surface area (Å²) in [6.07, 6.45) is 2.94. The molecule has 1 amide bonds. The van der Waals surface area contributed by atoms with Crippen LogP contribution in [0.5, 0.6) is 5.75 Å². The van der Waals surface area contributed by atoms with E-state index in [9.17, 15) is 4.79 Å². The lowest BCUT2D eigenvalue weighted by Crippen LogP contribution is -2.27. The summed E-state index contributed by atoms with van der Waals surface area (Å²) >= 11 is 6.93. The lowest BCUT2D eigenvalue weighted by atomic mass is 10.1. The highest BCUT2D eigenvalue weighted by Crippen LogP contribution is 2.38. The summed E-state index contributed by atoms with van der Waals surface area (Å²) in [7, 11) is 0. The average molecular weight is 513 g/mol. The molecule has 1 saturated heterocycles. The number of carbonyl (C=O) groups is 1. The summed E-state index contributed by atoms with van der Waals surface area (Å²) in [5, 5.41) is 1.13. The molecule has 0 radical (unpaired) electrons. The normalized spacial score (nSPS) is 14.9. The van der Waals surface area contributed by atoms with Gasteiger partial charge in [-0.05, 0) is 62.2 Å². The molecule has 182 valence electrons. The molecule has 6 heteroatoms. The Balaban J connectivity index is 1.48. The smallest absolute Gasteiger partial charge is 0.270 e. The summed E-state index contributed by atoms with van der Waals surface area (Å²) in [5.74, 6) is 0.860. The van der Waals surface area contributed by atoms with E-state index >= 15 is 0 Å². The van der Waals surface area contributed by atoms with E-state index in [1.165, 1.54) is 22.9 Å². The fourth-order valence-electron chi connectivity index (χ4n) is 4.67. The number of nitrogens with zero attached hydrogens (tertiary/aromatic N) is 2. The van der Waals surface area contributed by atoms with Crippen LogP contribution in [0.25, 0.3) is 17.0 Å². The molecular formula is C30H28N2O2S2. The van der Waals surface area contributed by atoms with Gasteiger partial charge in [-0.3, -0.25) is 9.69 Å². The monoisotopic (exact) mass is 512 g/mol. The van der Waals surface area contributed by atoms with Gasteiger partial charge in [-0.25, -0.2) is 0 Å². The standard InChI is InChI=1S/C30H28N2O2S2/c1-4-22-10-8-9-13-27(22)34-17-16-31-21(3)24(25-18-20(2)14-15-26(25)31)19-28-29(33)32(30(35)36-28)23-11-6-5-7-12-23/h5-15,18-19H,4,16-17H2,1-3H3/b28-19-. The molecular weight excluding hydrogens is 484 g/mol. The van der Waals surface area contributed by atoms with E-state index in [4.69, 9.17) is 17.0 Å². The van der Waals surface area contributed by atoms with Crippen LogP contribution in [0.15, 0.2) is 77.7 Å². The summed E-state index contributed by atoms with van der Waals surface area (Å²) in [4.78, 5) is 15.6. The lowest BCUT2D eigenvalue weighted by Gasteiger charge is -2.13. The van der Waals surface area contributed by atoms with Gasteiger partial charge in [-0.1, -0.05) is 78.9 Å². The topological polar surface area (TPSA) is 34.5 Å². The number of aromatic nitrogens is 1. The minimum atomic E-state index is -0.0799. The van der Waals surface area contributed by atoms with Crippen LogP contribution in [0, 0.1) is 13.8 Å². The highest BCUT2D eigenvalue weighted by Gasteiger charge is 2.33. The maximum absolute atomic E-state index is 13.4. The zero-order chi connectivity index (χ0) is 25.2. The van der Waals surface area contributed by atoms with E-state index in [-0.39, 0.29) is 5.91 Å². The molecule has 0 unspecified atom stereocenters. The minimum Gasteiger partial charge on any atom is -0.491 e. The predicted molar refractivity (Wildman–Crippen MR) is 155 cm³/mol. The number of hydrogen-bond acceptors (Lipinski definition) is 4. The lowest BCUT2D eigenvalue weighted by molar-refractivity contribution is -0.113. The number of anilines is 1. The van der Waals surface area contributed by atoms with Gasteiger partial charge in [-0.15, -0.1) is 0 Å². The highest BCUT2D eigenvalue weighted by molar-refractivity contribution is 8.27. The maximum Gasteiger partial charge on any atom is 0.270 e. The number of carbonyl (C=O) groups excluding carboxylic acids is 1. The number of benzene rings is 3. The molecule has 3 aromatic carbocycles. The van der Waals surface area contributed by atoms with Crippen molar-refractivity contribution >= 4 is 56.9 Å². The summed E-state index contributed by atoms with van der Waals surface area (Å²) in [6.45, 7) is 7.61. The van der Waals surface area contributed by atoms with Crippen molar-refractivity contribution in [2.45, 2.75) is 33.7 Å². The zero-order valence-corrected chi connectivity index (χ0v) is 22.3. The summed E-state index contributed by atoms with van der Waals surface area (Å²) in [5.41, 5.74) is 6.48. The van der Waals surface area contributed by atoms with Crippen LogP contribution in [0.2, 0.25) is 0 Å². The van der Waals surface area contributed by atoms with Crippen molar-refractivity contribution < 1.29 is 9.53 Å². The molecule has 0 saturated carbocycles. The van der Waals surface area contributed by atoms with Gasteiger partial charge in [-0.2, -0.15) is 0 Å². The second-order valence-corrected chi connectivity index (χ2v) is 10.5. The van der Waals surface area contributed by atoms with Crippen molar-refractivity contribution in [3.63, 3.8) is 0 Å². The van der Waals surface area contributed by atoms with Crippen molar-refractivity contribution in [1.29, 1.82) is 0 Å². The van der Waals surface area contributed by atoms with Gasteiger partial charge in [0.2, 0.25) is 0 Å².